The summed E-state index contributed by atoms with van der Waals surface area (Å²) in [6, 6.07) is 3.75. The summed E-state index contributed by atoms with van der Waals surface area (Å²) >= 11 is 0. The molecule has 0 aliphatic carbocycles. The fraction of sp³-hybridized carbons (Fsp3) is 0.583. The maximum atomic E-state index is 11.8. The van der Waals surface area contributed by atoms with Crippen molar-refractivity contribution in [2.75, 3.05) is 20.7 Å². The number of rotatable bonds is 6. The first-order chi connectivity index (χ1) is 8.06. The number of nitrogens with zero attached hydrogens (tertiary/aromatic N) is 1. The highest BCUT2D eigenvalue weighted by Gasteiger charge is 2.16. The number of furan rings is 1. The zero-order valence-electron chi connectivity index (χ0n) is 11.0. The van der Waals surface area contributed by atoms with Crippen molar-refractivity contribution in [3.05, 3.63) is 23.7 Å². The van der Waals surface area contributed by atoms with Crippen LogP contribution in [-0.4, -0.2) is 37.6 Å². The van der Waals surface area contributed by atoms with Gasteiger partial charge in [-0.3, -0.25) is 4.79 Å². The molecule has 0 fully saturated rings. The van der Waals surface area contributed by atoms with Crippen LogP contribution in [0.25, 0.3) is 0 Å². The van der Waals surface area contributed by atoms with E-state index in [2.05, 4.69) is 0 Å². The molecule has 0 radical (unpaired) electrons. The Bertz CT molecular complexity index is 364. The molecule has 1 unspecified atom stereocenters. The van der Waals surface area contributed by atoms with Crippen molar-refractivity contribution < 1.29 is 13.9 Å². The number of aryl methyl sites for hydroxylation is 1. The number of hydrogen-bond acceptors (Lipinski definition) is 4. The normalized spacial score (nSPS) is 11.8. The summed E-state index contributed by atoms with van der Waals surface area (Å²) in [5, 5.41) is 0. The molecule has 1 atom stereocenters. The summed E-state index contributed by atoms with van der Waals surface area (Å²) in [7, 11) is 3.30. The van der Waals surface area contributed by atoms with Crippen molar-refractivity contribution in [1.82, 2.24) is 4.90 Å². The topological polar surface area (TPSA) is 68.7 Å². The summed E-state index contributed by atoms with van der Waals surface area (Å²) in [5.74, 6) is 1.62. The molecule has 0 bridgehead atoms. The number of ether oxygens (including phenoxy) is 1. The molecule has 2 N–H and O–H groups in total. The van der Waals surface area contributed by atoms with Crippen molar-refractivity contribution in [3.63, 3.8) is 0 Å². The van der Waals surface area contributed by atoms with E-state index in [-0.39, 0.29) is 24.4 Å². The van der Waals surface area contributed by atoms with E-state index in [1.165, 1.54) is 0 Å². The number of nitrogens with two attached hydrogens (primary N) is 1. The zero-order valence-corrected chi connectivity index (χ0v) is 11.8. The van der Waals surface area contributed by atoms with Crippen molar-refractivity contribution in [2.45, 2.75) is 26.0 Å². The Hall–Kier alpha value is -1.04. The van der Waals surface area contributed by atoms with Crippen molar-refractivity contribution in [1.29, 1.82) is 0 Å². The molecule has 0 aliphatic heterocycles. The van der Waals surface area contributed by atoms with E-state index >= 15 is 0 Å². The van der Waals surface area contributed by atoms with Gasteiger partial charge in [-0.2, -0.15) is 0 Å². The number of amides is 1. The number of hydrogen-bond donors (Lipinski definition) is 1. The minimum Gasteiger partial charge on any atom is -0.464 e. The van der Waals surface area contributed by atoms with Crippen LogP contribution in [0.1, 0.15) is 17.9 Å². The van der Waals surface area contributed by atoms with Gasteiger partial charge in [-0.25, -0.2) is 0 Å². The summed E-state index contributed by atoms with van der Waals surface area (Å²) in [6.45, 7) is 2.68. The van der Waals surface area contributed by atoms with Crippen LogP contribution in [0.15, 0.2) is 16.5 Å². The van der Waals surface area contributed by atoms with Gasteiger partial charge in [0.05, 0.1) is 19.1 Å². The van der Waals surface area contributed by atoms with Gasteiger partial charge in [0.15, 0.2) is 0 Å². The summed E-state index contributed by atoms with van der Waals surface area (Å²) in [4.78, 5) is 13.4. The van der Waals surface area contributed by atoms with Crippen molar-refractivity contribution in [2.24, 2.45) is 5.73 Å². The van der Waals surface area contributed by atoms with Crippen LogP contribution < -0.4 is 5.73 Å². The van der Waals surface area contributed by atoms with Crippen LogP contribution in [0.3, 0.4) is 0 Å². The molecule has 1 aromatic rings. The van der Waals surface area contributed by atoms with Gasteiger partial charge < -0.3 is 19.8 Å². The van der Waals surface area contributed by atoms with Crippen LogP contribution in [-0.2, 0) is 16.1 Å². The molecule has 18 heavy (non-hydrogen) atoms. The molecule has 1 amide bonds. The molecular weight excluding hydrogens is 256 g/mol. The fourth-order valence-corrected chi connectivity index (χ4v) is 1.51. The standard InChI is InChI=1S/C12H20N2O3.ClH/c1-9-4-5-10(17-9)8-14(2)12(15)6-11(7-13)16-3;/h4-5,11H,6-8,13H2,1-3H3;1H. The Kier molecular flexibility index (Phi) is 7.66. The molecule has 1 rings (SSSR count). The molecule has 1 aromatic heterocycles. The average molecular weight is 277 g/mol. The van der Waals surface area contributed by atoms with Crippen LogP contribution in [0.5, 0.6) is 0 Å². The lowest BCUT2D eigenvalue weighted by Gasteiger charge is -2.19. The Labute approximate surface area is 114 Å². The quantitative estimate of drug-likeness (QED) is 0.851. The van der Waals surface area contributed by atoms with Gasteiger partial charge >= 0.3 is 0 Å². The fourth-order valence-electron chi connectivity index (χ4n) is 1.51. The van der Waals surface area contributed by atoms with Gasteiger partial charge in [0.1, 0.15) is 11.5 Å². The van der Waals surface area contributed by atoms with Crippen LogP contribution >= 0.6 is 12.4 Å². The molecule has 0 saturated heterocycles. The number of methoxy groups -OCH3 is 1. The third-order valence-electron chi connectivity index (χ3n) is 2.61. The van der Waals surface area contributed by atoms with E-state index in [0.29, 0.717) is 19.5 Å². The van der Waals surface area contributed by atoms with E-state index in [4.69, 9.17) is 14.9 Å². The van der Waals surface area contributed by atoms with Gasteiger partial charge in [0.25, 0.3) is 0 Å². The minimum absolute atomic E-state index is 0. The van der Waals surface area contributed by atoms with E-state index in [0.717, 1.165) is 11.5 Å². The Morgan fingerprint density at radius 2 is 2.22 bits per heavy atom. The summed E-state index contributed by atoms with van der Waals surface area (Å²) in [6.07, 6.45) is 0.0757. The maximum Gasteiger partial charge on any atom is 0.225 e. The molecule has 104 valence electrons. The smallest absolute Gasteiger partial charge is 0.225 e. The Morgan fingerprint density at radius 1 is 1.56 bits per heavy atom. The third kappa shape index (κ3) is 5.08. The third-order valence-corrected chi connectivity index (χ3v) is 2.61. The second-order valence-electron chi connectivity index (χ2n) is 4.06. The second-order valence-corrected chi connectivity index (χ2v) is 4.06. The van der Waals surface area contributed by atoms with E-state index in [1.807, 2.05) is 19.1 Å². The second kappa shape index (κ2) is 8.13. The van der Waals surface area contributed by atoms with Crippen LogP contribution in [0.4, 0.5) is 0 Å². The predicted octanol–water partition coefficient (Wildman–Crippen LogP) is 1.33. The number of carbonyl (C=O) groups is 1. The Balaban J connectivity index is 0.00000289. The monoisotopic (exact) mass is 276 g/mol. The molecule has 6 heteroatoms. The van der Waals surface area contributed by atoms with Crippen molar-refractivity contribution in [3.8, 4) is 0 Å². The lowest BCUT2D eigenvalue weighted by Crippen LogP contribution is -2.33. The van der Waals surface area contributed by atoms with Gasteiger partial charge in [-0.15, -0.1) is 12.4 Å². The number of halogens is 1. The molecule has 0 saturated carbocycles. The highest BCUT2D eigenvalue weighted by Crippen LogP contribution is 2.10. The highest BCUT2D eigenvalue weighted by atomic mass is 35.5. The molecule has 1 heterocycles. The first kappa shape index (κ1) is 17.0. The molecular formula is C12H21ClN2O3. The van der Waals surface area contributed by atoms with Gasteiger partial charge in [0.2, 0.25) is 5.91 Å². The maximum absolute atomic E-state index is 11.8. The van der Waals surface area contributed by atoms with Crippen LogP contribution in [0, 0.1) is 6.92 Å². The molecule has 0 aliphatic rings. The van der Waals surface area contributed by atoms with Gasteiger partial charge in [0, 0.05) is 20.7 Å². The predicted molar refractivity (Wildman–Crippen MR) is 71.6 cm³/mol. The average Bonchev–Trinajstić information content (AvgIpc) is 2.71. The van der Waals surface area contributed by atoms with E-state index in [1.54, 1.807) is 19.1 Å². The largest absolute Gasteiger partial charge is 0.464 e. The lowest BCUT2D eigenvalue weighted by atomic mass is 10.2. The Morgan fingerprint density at radius 3 is 2.67 bits per heavy atom. The SMILES string of the molecule is COC(CN)CC(=O)N(C)Cc1ccc(C)o1.Cl. The zero-order chi connectivity index (χ0) is 12.8. The van der Waals surface area contributed by atoms with Gasteiger partial charge in [-0.05, 0) is 19.1 Å². The first-order valence-electron chi connectivity index (χ1n) is 5.59. The van der Waals surface area contributed by atoms with E-state index in [9.17, 15) is 4.79 Å². The molecule has 5 nitrogen and oxygen atoms in total. The lowest BCUT2D eigenvalue weighted by molar-refractivity contribution is -0.133. The molecule has 0 spiro atoms. The first-order valence-corrected chi connectivity index (χ1v) is 5.59. The summed E-state index contributed by atoms with van der Waals surface area (Å²) in [5.41, 5.74) is 5.47. The van der Waals surface area contributed by atoms with Crippen molar-refractivity contribution >= 4 is 18.3 Å². The van der Waals surface area contributed by atoms with E-state index < -0.39 is 0 Å². The highest BCUT2D eigenvalue weighted by molar-refractivity contribution is 5.85. The number of carbonyl (C=O) groups excluding carboxylic acids is 1. The molecule has 0 aromatic carbocycles. The minimum atomic E-state index is -0.219. The van der Waals surface area contributed by atoms with Gasteiger partial charge in [-0.1, -0.05) is 0 Å². The summed E-state index contributed by atoms with van der Waals surface area (Å²) < 4.78 is 10.5. The van der Waals surface area contributed by atoms with Crippen LogP contribution in [0.2, 0.25) is 0 Å².